The number of hydrogen-bond donors (Lipinski definition) is 2. The van der Waals surface area contributed by atoms with Gasteiger partial charge in [0.2, 0.25) is 0 Å². The second kappa shape index (κ2) is 5.57. The van der Waals surface area contributed by atoms with Crippen LogP contribution in [0.25, 0.3) is 0 Å². The topological polar surface area (TPSA) is 41.1 Å². The molecule has 0 saturated heterocycles. The van der Waals surface area contributed by atoms with Gasteiger partial charge in [0.1, 0.15) is 0 Å². The Balaban J connectivity index is 1.71. The summed E-state index contributed by atoms with van der Waals surface area (Å²) >= 11 is 0. The zero-order chi connectivity index (χ0) is 14.0. The van der Waals surface area contributed by atoms with Crippen molar-refractivity contribution in [3.8, 4) is 0 Å². The van der Waals surface area contributed by atoms with Crippen LogP contribution in [-0.4, -0.2) is 19.0 Å². The van der Waals surface area contributed by atoms with Crippen LogP contribution in [-0.2, 0) is 13.0 Å². The van der Waals surface area contributed by atoms with Crippen molar-refractivity contribution in [2.75, 3.05) is 13.1 Å². The fourth-order valence-corrected chi connectivity index (χ4v) is 3.54. The summed E-state index contributed by atoms with van der Waals surface area (Å²) < 4.78 is 0. The maximum atomic E-state index is 12.5. The van der Waals surface area contributed by atoms with E-state index >= 15 is 0 Å². The summed E-state index contributed by atoms with van der Waals surface area (Å²) in [6.07, 6.45) is 6.04. The number of fused-ring (bicyclic) bond motifs is 1. The highest BCUT2D eigenvalue weighted by Crippen LogP contribution is 2.36. The molecule has 0 bridgehead atoms. The first kappa shape index (κ1) is 13.6. The van der Waals surface area contributed by atoms with E-state index < -0.39 is 0 Å². The third-order valence-corrected chi connectivity index (χ3v) is 4.87. The molecule has 1 aliphatic heterocycles. The standard InChI is InChI=1S/C17H24N2O/c1-17(8-2-3-9-17)12-19-16(20)15-6-4-5-13-11-18-10-7-14(13)15/h4-6,18H,2-3,7-12H2,1H3,(H,19,20). The van der Waals surface area contributed by atoms with E-state index in [9.17, 15) is 4.79 Å². The van der Waals surface area contributed by atoms with Gasteiger partial charge >= 0.3 is 0 Å². The molecule has 0 spiro atoms. The minimum atomic E-state index is 0.108. The highest BCUT2D eigenvalue weighted by molar-refractivity contribution is 5.96. The summed E-state index contributed by atoms with van der Waals surface area (Å²) in [5.41, 5.74) is 3.70. The Bertz CT molecular complexity index is 504. The van der Waals surface area contributed by atoms with Crippen LogP contribution in [0.15, 0.2) is 18.2 Å². The van der Waals surface area contributed by atoms with Gasteiger partial charge in [0.25, 0.3) is 5.91 Å². The van der Waals surface area contributed by atoms with Crippen molar-refractivity contribution in [1.29, 1.82) is 0 Å². The van der Waals surface area contributed by atoms with Gasteiger partial charge in [-0.25, -0.2) is 0 Å². The van der Waals surface area contributed by atoms with Crippen molar-refractivity contribution in [2.24, 2.45) is 5.41 Å². The average Bonchev–Trinajstić information content (AvgIpc) is 2.91. The Kier molecular flexibility index (Phi) is 3.79. The van der Waals surface area contributed by atoms with Crippen molar-refractivity contribution in [3.63, 3.8) is 0 Å². The van der Waals surface area contributed by atoms with Gasteiger partial charge in [-0.15, -0.1) is 0 Å². The van der Waals surface area contributed by atoms with E-state index in [4.69, 9.17) is 0 Å². The maximum absolute atomic E-state index is 12.5. The van der Waals surface area contributed by atoms with E-state index in [1.54, 1.807) is 0 Å². The predicted molar refractivity (Wildman–Crippen MR) is 80.8 cm³/mol. The van der Waals surface area contributed by atoms with E-state index in [2.05, 4.69) is 23.6 Å². The van der Waals surface area contributed by atoms with E-state index in [1.807, 2.05) is 12.1 Å². The lowest BCUT2D eigenvalue weighted by Gasteiger charge is -2.25. The molecule has 2 N–H and O–H groups in total. The summed E-state index contributed by atoms with van der Waals surface area (Å²) in [7, 11) is 0. The number of nitrogens with one attached hydrogen (secondary N) is 2. The van der Waals surface area contributed by atoms with E-state index in [-0.39, 0.29) is 5.91 Å². The highest BCUT2D eigenvalue weighted by Gasteiger charge is 2.29. The minimum absolute atomic E-state index is 0.108. The number of carbonyl (C=O) groups excluding carboxylic acids is 1. The molecule has 3 heteroatoms. The molecule has 1 amide bonds. The van der Waals surface area contributed by atoms with Crippen molar-refractivity contribution in [1.82, 2.24) is 10.6 Å². The second-order valence-corrected chi connectivity index (χ2v) is 6.57. The molecule has 1 heterocycles. The van der Waals surface area contributed by atoms with Crippen molar-refractivity contribution < 1.29 is 4.79 Å². The normalized spacial score (nSPS) is 20.4. The van der Waals surface area contributed by atoms with Crippen LogP contribution in [0.3, 0.4) is 0 Å². The van der Waals surface area contributed by atoms with Gasteiger partial charge in [0, 0.05) is 18.7 Å². The van der Waals surface area contributed by atoms with Gasteiger partial charge in [0.15, 0.2) is 0 Å². The first-order valence-corrected chi connectivity index (χ1v) is 7.78. The van der Waals surface area contributed by atoms with Gasteiger partial charge < -0.3 is 10.6 Å². The van der Waals surface area contributed by atoms with Crippen molar-refractivity contribution >= 4 is 5.91 Å². The fourth-order valence-electron chi connectivity index (χ4n) is 3.54. The Morgan fingerprint density at radius 2 is 2.15 bits per heavy atom. The van der Waals surface area contributed by atoms with Crippen LogP contribution < -0.4 is 10.6 Å². The lowest BCUT2D eigenvalue weighted by Crippen LogP contribution is -2.35. The molecule has 20 heavy (non-hydrogen) atoms. The molecule has 108 valence electrons. The summed E-state index contributed by atoms with van der Waals surface area (Å²) in [5, 5.41) is 6.53. The quantitative estimate of drug-likeness (QED) is 0.888. The van der Waals surface area contributed by atoms with E-state index in [0.717, 1.165) is 31.6 Å². The monoisotopic (exact) mass is 272 g/mol. The van der Waals surface area contributed by atoms with Crippen LogP contribution in [0.2, 0.25) is 0 Å². The molecule has 1 saturated carbocycles. The van der Waals surface area contributed by atoms with Crippen molar-refractivity contribution in [2.45, 2.75) is 45.6 Å². The zero-order valence-electron chi connectivity index (χ0n) is 12.3. The van der Waals surface area contributed by atoms with Crippen LogP contribution >= 0.6 is 0 Å². The van der Waals surface area contributed by atoms with E-state index in [1.165, 1.54) is 36.8 Å². The largest absolute Gasteiger partial charge is 0.351 e. The smallest absolute Gasteiger partial charge is 0.251 e. The number of hydrogen-bond acceptors (Lipinski definition) is 2. The molecule has 1 aromatic carbocycles. The Hall–Kier alpha value is -1.35. The van der Waals surface area contributed by atoms with Gasteiger partial charge in [-0.05, 0) is 48.4 Å². The molecular weight excluding hydrogens is 248 g/mol. The average molecular weight is 272 g/mol. The molecule has 0 atom stereocenters. The third kappa shape index (κ3) is 2.73. The number of benzene rings is 1. The molecule has 3 nitrogen and oxygen atoms in total. The first-order chi connectivity index (χ1) is 9.68. The number of carbonyl (C=O) groups is 1. The van der Waals surface area contributed by atoms with Crippen LogP contribution in [0.5, 0.6) is 0 Å². The molecule has 1 fully saturated rings. The zero-order valence-corrected chi connectivity index (χ0v) is 12.3. The fraction of sp³-hybridized carbons (Fsp3) is 0.588. The molecule has 0 unspecified atom stereocenters. The van der Waals surface area contributed by atoms with Gasteiger partial charge in [-0.1, -0.05) is 31.9 Å². The highest BCUT2D eigenvalue weighted by atomic mass is 16.1. The second-order valence-electron chi connectivity index (χ2n) is 6.57. The SMILES string of the molecule is CC1(CNC(=O)c2cccc3c2CCNC3)CCCC1. The summed E-state index contributed by atoms with van der Waals surface area (Å²) in [6.45, 7) is 4.96. The van der Waals surface area contributed by atoms with Gasteiger partial charge in [-0.2, -0.15) is 0 Å². The summed E-state index contributed by atoms with van der Waals surface area (Å²) in [4.78, 5) is 12.5. The third-order valence-electron chi connectivity index (χ3n) is 4.87. The lowest BCUT2D eigenvalue weighted by molar-refractivity contribution is 0.0933. The Morgan fingerprint density at radius 1 is 1.35 bits per heavy atom. The van der Waals surface area contributed by atoms with Crippen LogP contribution in [0, 0.1) is 5.41 Å². The first-order valence-electron chi connectivity index (χ1n) is 7.78. The molecule has 1 aliphatic carbocycles. The molecule has 1 aromatic rings. The number of amides is 1. The minimum Gasteiger partial charge on any atom is -0.351 e. The molecule has 2 aliphatic rings. The number of rotatable bonds is 3. The summed E-state index contributed by atoms with van der Waals surface area (Å²) in [6, 6.07) is 6.09. The van der Waals surface area contributed by atoms with Gasteiger partial charge in [0.05, 0.1) is 0 Å². The molecular formula is C17H24N2O. The van der Waals surface area contributed by atoms with E-state index in [0.29, 0.717) is 5.41 Å². The van der Waals surface area contributed by atoms with Crippen LogP contribution in [0.4, 0.5) is 0 Å². The molecule has 0 aromatic heterocycles. The molecule has 0 radical (unpaired) electrons. The van der Waals surface area contributed by atoms with Crippen molar-refractivity contribution in [3.05, 3.63) is 34.9 Å². The Labute approximate surface area is 121 Å². The van der Waals surface area contributed by atoms with Gasteiger partial charge in [-0.3, -0.25) is 4.79 Å². The molecule has 3 rings (SSSR count). The maximum Gasteiger partial charge on any atom is 0.251 e. The summed E-state index contributed by atoms with van der Waals surface area (Å²) in [5.74, 6) is 0.108. The lowest BCUT2D eigenvalue weighted by atomic mass is 9.88. The van der Waals surface area contributed by atoms with Crippen LogP contribution in [0.1, 0.15) is 54.1 Å². The Morgan fingerprint density at radius 3 is 2.95 bits per heavy atom. The predicted octanol–water partition coefficient (Wildman–Crippen LogP) is 2.64.